The predicted octanol–water partition coefficient (Wildman–Crippen LogP) is 2.86. The second-order valence-electron chi connectivity index (χ2n) is 5.71. The molecular weight excluding hydrogens is 348 g/mol. The molecular formula is C15H17BrN4O2. The lowest BCUT2D eigenvalue weighted by molar-refractivity contribution is 0.00644. The van der Waals surface area contributed by atoms with Crippen LogP contribution in [-0.4, -0.2) is 22.5 Å². The SMILES string of the molecule is CC(C)(C)OC(=O)c1nc2c(Br)cccc2cc1N=C(N)N. The van der Waals surface area contributed by atoms with Crippen LogP contribution < -0.4 is 11.5 Å². The molecule has 116 valence electrons. The van der Waals surface area contributed by atoms with Crippen LogP contribution in [0.15, 0.2) is 33.7 Å². The highest BCUT2D eigenvalue weighted by molar-refractivity contribution is 9.10. The molecule has 0 bridgehead atoms. The van der Waals surface area contributed by atoms with Crippen LogP contribution in [0.2, 0.25) is 0 Å². The maximum atomic E-state index is 12.4. The van der Waals surface area contributed by atoms with Crippen molar-refractivity contribution < 1.29 is 9.53 Å². The van der Waals surface area contributed by atoms with Crippen molar-refractivity contribution in [1.82, 2.24) is 4.98 Å². The summed E-state index contributed by atoms with van der Waals surface area (Å²) in [4.78, 5) is 20.7. The number of guanidine groups is 1. The summed E-state index contributed by atoms with van der Waals surface area (Å²) in [6.07, 6.45) is 0. The van der Waals surface area contributed by atoms with E-state index >= 15 is 0 Å². The standard InChI is InChI=1S/C15H17BrN4O2/c1-15(2,3)22-13(21)12-10(19-14(17)18)7-8-5-4-6-9(16)11(8)20-12/h4-7H,1-3H3,(H4,17,18,19). The molecule has 1 heterocycles. The minimum absolute atomic E-state index is 0.0720. The second kappa shape index (κ2) is 5.92. The van der Waals surface area contributed by atoms with Crippen molar-refractivity contribution in [1.29, 1.82) is 0 Å². The molecule has 0 saturated heterocycles. The van der Waals surface area contributed by atoms with Gasteiger partial charge in [0.05, 0.1) is 5.52 Å². The summed E-state index contributed by atoms with van der Waals surface area (Å²) in [6.45, 7) is 5.34. The largest absolute Gasteiger partial charge is 0.455 e. The van der Waals surface area contributed by atoms with Crippen LogP contribution >= 0.6 is 15.9 Å². The number of halogens is 1. The zero-order valence-electron chi connectivity index (χ0n) is 12.6. The summed E-state index contributed by atoms with van der Waals surface area (Å²) in [5.41, 5.74) is 11.2. The number of hydrogen-bond acceptors (Lipinski definition) is 4. The molecule has 0 amide bonds. The van der Waals surface area contributed by atoms with Crippen molar-refractivity contribution in [2.45, 2.75) is 26.4 Å². The number of para-hydroxylation sites is 1. The van der Waals surface area contributed by atoms with Gasteiger partial charge in [0.15, 0.2) is 11.7 Å². The summed E-state index contributed by atoms with van der Waals surface area (Å²) in [6, 6.07) is 7.26. The van der Waals surface area contributed by atoms with E-state index in [0.29, 0.717) is 5.52 Å². The predicted molar refractivity (Wildman–Crippen MR) is 90.1 cm³/mol. The summed E-state index contributed by atoms with van der Waals surface area (Å²) in [5.74, 6) is -0.730. The van der Waals surface area contributed by atoms with Crippen LogP contribution in [0.1, 0.15) is 31.3 Å². The van der Waals surface area contributed by atoms with Gasteiger partial charge >= 0.3 is 5.97 Å². The van der Waals surface area contributed by atoms with E-state index in [1.54, 1.807) is 26.8 Å². The first-order valence-electron chi connectivity index (χ1n) is 6.59. The van der Waals surface area contributed by atoms with Gasteiger partial charge in [-0.2, -0.15) is 0 Å². The Bertz CT molecular complexity index is 762. The van der Waals surface area contributed by atoms with Gasteiger partial charge < -0.3 is 16.2 Å². The lowest BCUT2D eigenvalue weighted by Crippen LogP contribution is -2.25. The Labute approximate surface area is 136 Å². The average Bonchev–Trinajstić information content (AvgIpc) is 2.35. The van der Waals surface area contributed by atoms with Gasteiger partial charge in [-0.05, 0) is 48.8 Å². The van der Waals surface area contributed by atoms with E-state index in [2.05, 4.69) is 25.9 Å². The van der Waals surface area contributed by atoms with Crippen molar-refractivity contribution >= 4 is 44.4 Å². The van der Waals surface area contributed by atoms with Crippen molar-refractivity contribution in [2.24, 2.45) is 16.5 Å². The van der Waals surface area contributed by atoms with Crippen molar-refractivity contribution in [2.75, 3.05) is 0 Å². The van der Waals surface area contributed by atoms with Crippen molar-refractivity contribution in [3.63, 3.8) is 0 Å². The maximum absolute atomic E-state index is 12.4. The summed E-state index contributed by atoms with van der Waals surface area (Å²) in [7, 11) is 0. The van der Waals surface area contributed by atoms with Crippen LogP contribution in [0.5, 0.6) is 0 Å². The van der Waals surface area contributed by atoms with Crippen LogP contribution in [-0.2, 0) is 4.74 Å². The van der Waals surface area contributed by atoms with Gasteiger partial charge in [-0.3, -0.25) is 0 Å². The first-order chi connectivity index (χ1) is 10.2. The Morgan fingerprint density at radius 2 is 2.00 bits per heavy atom. The van der Waals surface area contributed by atoms with Crippen molar-refractivity contribution in [3.8, 4) is 0 Å². The lowest BCUT2D eigenvalue weighted by Gasteiger charge is -2.19. The molecule has 0 radical (unpaired) electrons. The molecule has 7 heteroatoms. The molecule has 0 spiro atoms. The van der Waals surface area contributed by atoms with Crippen LogP contribution in [0, 0.1) is 0 Å². The molecule has 22 heavy (non-hydrogen) atoms. The van der Waals surface area contributed by atoms with Gasteiger partial charge in [0, 0.05) is 9.86 Å². The smallest absolute Gasteiger partial charge is 0.359 e. The van der Waals surface area contributed by atoms with Gasteiger partial charge in [-0.25, -0.2) is 14.8 Å². The number of aromatic nitrogens is 1. The van der Waals surface area contributed by atoms with Gasteiger partial charge in [-0.15, -0.1) is 0 Å². The Morgan fingerprint density at radius 3 is 2.59 bits per heavy atom. The monoisotopic (exact) mass is 364 g/mol. The fraction of sp³-hybridized carbons (Fsp3) is 0.267. The number of rotatable bonds is 2. The topological polar surface area (TPSA) is 104 Å². The molecule has 6 nitrogen and oxygen atoms in total. The minimum Gasteiger partial charge on any atom is -0.455 e. The van der Waals surface area contributed by atoms with Gasteiger partial charge in [-0.1, -0.05) is 12.1 Å². The molecule has 4 N–H and O–H groups in total. The fourth-order valence-corrected chi connectivity index (χ4v) is 2.32. The average molecular weight is 365 g/mol. The Balaban J connectivity index is 2.66. The number of hydrogen-bond donors (Lipinski definition) is 2. The van der Waals surface area contributed by atoms with Crippen LogP contribution in [0.4, 0.5) is 5.69 Å². The zero-order valence-corrected chi connectivity index (χ0v) is 14.1. The molecule has 0 atom stereocenters. The number of carbonyl (C=O) groups excluding carboxylic acids is 1. The third-order valence-electron chi connectivity index (χ3n) is 2.62. The number of nitrogens with zero attached hydrogens (tertiary/aromatic N) is 2. The summed E-state index contributed by atoms with van der Waals surface area (Å²) < 4.78 is 6.14. The second-order valence-corrected chi connectivity index (χ2v) is 6.56. The molecule has 0 aliphatic carbocycles. The third kappa shape index (κ3) is 3.73. The molecule has 0 unspecified atom stereocenters. The van der Waals surface area contributed by atoms with E-state index in [-0.39, 0.29) is 17.3 Å². The molecule has 0 fully saturated rings. The Morgan fingerprint density at radius 1 is 1.32 bits per heavy atom. The number of ether oxygens (including phenoxy) is 1. The number of pyridine rings is 1. The highest BCUT2D eigenvalue weighted by Crippen LogP contribution is 2.29. The van der Waals surface area contributed by atoms with Gasteiger partial charge in [0.1, 0.15) is 11.3 Å². The molecule has 1 aromatic heterocycles. The summed E-state index contributed by atoms with van der Waals surface area (Å²) >= 11 is 3.42. The van der Waals surface area contributed by atoms with Crippen LogP contribution in [0.25, 0.3) is 10.9 Å². The molecule has 0 saturated carbocycles. The van der Waals surface area contributed by atoms with E-state index in [9.17, 15) is 4.79 Å². The third-order valence-corrected chi connectivity index (χ3v) is 3.26. The molecule has 0 aliphatic heterocycles. The molecule has 2 rings (SSSR count). The fourth-order valence-electron chi connectivity index (χ4n) is 1.85. The number of nitrogens with two attached hydrogens (primary N) is 2. The Hall–Kier alpha value is -2.15. The van der Waals surface area contributed by atoms with E-state index in [1.165, 1.54) is 0 Å². The summed E-state index contributed by atoms with van der Waals surface area (Å²) in [5, 5.41) is 0.807. The van der Waals surface area contributed by atoms with Crippen LogP contribution in [0.3, 0.4) is 0 Å². The number of esters is 1. The lowest BCUT2D eigenvalue weighted by atomic mass is 10.1. The van der Waals surface area contributed by atoms with E-state index in [1.807, 2.05) is 18.2 Å². The quantitative estimate of drug-likeness (QED) is 0.484. The van der Waals surface area contributed by atoms with E-state index < -0.39 is 11.6 Å². The first-order valence-corrected chi connectivity index (χ1v) is 7.39. The van der Waals surface area contributed by atoms with Gasteiger partial charge in [0.25, 0.3) is 0 Å². The molecule has 0 aliphatic rings. The highest BCUT2D eigenvalue weighted by atomic mass is 79.9. The Kier molecular flexibility index (Phi) is 4.37. The van der Waals surface area contributed by atoms with E-state index in [4.69, 9.17) is 16.2 Å². The normalized spacial score (nSPS) is 11.3. The number of carbonyl (C=O) groups is 1. The van der Waals surface area contributed by atoms with Gasteiger partial charge in [0.2, 0.25) is 0 Å². The minimum atomic E-state index is -0.642. The zero-order chi connectivity index (χ0) is 16.5. The highest BCUT2D eigenvalue weighted by Gasteiger charge is 2.23. The number of fused-ring (bicyclic) bond motifs is 1. The molecule has 2 aromatic rings. The first kappa shape index (κ1) is 16.2. The van der Waals surface area contributed by atoms with Crippen molar-refractivity contribution in [3.05, 3.63) is 34.4 Å². The molecule has 1 aromatic carbocycles. The number of aliphatic imine (C=N–C) groups is 1. The van der Waals surface area contributed by atoms with E-state index in [0.717, 1.165) is 9.86 Å². The number of benzene rings is 1. The maximum Gasteiger partial charge on any atom is 0.359 e.